The Balaban J connectivity index is 1.63. The highest BCUT2D eigenvalue weighted by Gasteiger charge is 2.24. The van der Waals surface area contributed by atoms with Crippen LogP contribution in [0.15, 0.2) is 36.5 Å². The van der Waals surface area contributed by atoms with Crippen molar-refractivity contribution in [3.05, 3.63) is 47.7 Å². The van der Waals surface area contributed by atoms with Crippen LogP contribution < -0.4 is 10.1 Å². The Hall–Kier alpha value is -2.10. The molecule has 1 aliphatic carbocycles. The second-order valence-electron chi connectivity index (χ2n) is 4.40. The van der Waals surface area contributed by atoms with Gasteiger partial charge in [0.15, 0.2) is 0 Å². The summed E-state index contributed by atoms with van der Waals surface area (Å²) in [5, 5.41) is 3.26. The van der Waals surface area contributed by atoms with Crippen LogP contribution in [0.2, 0.25) is 0 Å². The molecule has 1 aliphatic rings. The highest BCUT2D eigenvalue weighted by Crippen LogP contribution is 2.34. The van der Waals surface area contributed by atoms with Gasteiger partial charge in [0.25, 0.3) is 0 Å². The Morgan fingerprint density at radius 3 is 3.06 bits per heavy atom. The number of fused-ring (bicyclic) bond motifs is 1. The fourth-order valence-corrected chi connectivity index (χ4v) is 2.30. The van der Waals surface area contributed by atoms with Crippen LogP contribution in [0.1, 0.15) is 17.0 Å². The van der Waals surface area contributed by atoms with E-state index in [0.29, 0.717) is 17.7 Å². The van der Waals surface area contributed by atoms with E-state index in [2.05, 4.69) is 39.6 Å². The SMILES string of the molecule is COc1ccnc(NCC2Cc3ccccc32)n1. The second kappa shape index (κ2) is 4.64. The molecule has 1 heterocycles. The summed E-state index contributed by atoms with van der Waals surface area (Å²) in [6, 6.07) is 10.3. The van der Waals surface area contributed by atoms with Crippen molar-refractivity contribution in [2.45, 2.75) is 12.3 Å². The van der Waals surface area contributed by atoms with Gasteiger partial charge in [-0.05, 0) is 17.5 Å². The van der Waals surface area contributed by atoms with Crippen molar-refractivity contribution in [3.63, 3.8) is 0 Å². The number of methoxy groups -OCH3 is 1. The summed E-state index contributed by atoms with van der Waals surface area (Å²) in [6.45, 7) is 0.865. The number of ether oxygens (including phenoxy) is 1. The lowest BCUT2D eigenvalue weighted by atomic mass is 9.78. The third kappa shape index (κ3) is 2.01. The van der Waals surface area contributed by atoms with E-state index in [1.807, 2.05) is 0 Å². The summed E-state index contributed by atoms with van der Waals surface area (Å²) >= 11 is 0. The number of hydrogen-bond donors (Lipinski definition) is 1. The van der Waals surface area contributed by atoms with Crippen LogP contribution in [0.3, 0.4) is 0 Å². The van der Waals surface area contributed by atoms with Crippen LogP contribution in [0.5, 0.6) is 5.88 Å². The van der Waals surface area contributed by atoms with Gasteiger partial charge in [-0.2, -0.15) is 4.98 Å². The van der Waals surface area contributed by atoms with E-state index in [-0.39, 0.29) is 0 Å². The van der Waals surface area contributed by atoms with Crippen LogP contribution in [0.4, 0.5) is 5.95 Å². The Labute approximate surface area is 106 Å². The van der Waals surface area contributed by atoms with Gasteiger partial charge in [-0.1, -0.05) is 24.3 Å². The quantitative estimate of drug-likeness (QED) is 0.891. The van der Waals surface area contributed by atoms with E-state index in [9.17, 15) is 0 Å². The maximum Gasteiger partial charge on any atom is 0.225 e. The normalized spacial score (nSPS) is 16.6. The zero-order chi connectivity index (χ0) is 12.4. The molecule has 4 heteroatoms. The summed E-state index contributed by atoms with van der Waals surface area (Å²) in [6.07, 6.45) is 2.83. The molecular formula is C14H15N3O. The lowest BCUT2D eigenvalue weighted by Crippen LogP contribution is -2.24. The van der Waals surface area contributed by atoms with E-state index >= 15 is 0 Å². The topological polar surface area (TPSA) is 47.0 Å². The molecule has 92 valence electrons. The Morgan fingerprint density at radius 1 is 1.33 bits per heavy atom. The first-order chi connectivity index (χ1) is 8.86. The minimum absolute atomic E-state index is 0.566. The van der Waals surface area contributed by atoms with Gasteiger partial charge in [0.1, 0.15) is 0 Å². The summed E-state index contributed by atoms with van der Waals surface area (Å²) in [5.41, 5.74) is 2.89. The van der Waals surface area contributed by atoms with Gasteiger partial charge in [-0.25, -0.2) is 4.98 Å². The number of aromatic nitrogens is 2. The molecule has 0 saturated carbocycles. The Morgan fingerprint density at radius 2 is 2.22 bits per heavy atom. The second-order valence-corrected chi connectivity index (χ2v) is 4.40. The molecule has 1 atom stereocenters. The van der Waals surface area contributed by atoms with Gasteiger partial charge in [0.2, 0.25) is 11.8 Å². The largest absolute Gasteiger partial charge is 0.481 e. The average molecular weight is 241 g/mol. The van der Waals surface area contributed by atoms with Crippen molar-refractivity contribution in [3.8, 4) is 5.88 Å². The molecule has 2 aromatic rings. The molecule has 0 aliphatic heterocycles. The lowest BCUT2D eigenvalue weighted by molar-refractivity contribution is 0.397. The zero-order valence-corrected chi connectivity index (χ0v) is 10.3. The lowest BCUT2D eigenvalue weighted by Gasteiger charge is -2.30. The van der Waals surface area contributed by atoms with E-state index < -0.39 is 0 Å². The number of anilines is 1. The van der Waals surface area contributed by atoms with Gasteiger partial charge in [0, 0.05) is 24.7 Å². The Bertz CT molecular complexity index is 556. The molecule has 0 saturated heterocycles. The van der Waals surface area contributed by atoms with Crippen LogP contribution in [0.25, 0.3) is 0 Å². The van der Waals surface area contributed by atoms with E-state index in [1.54, 1.807) is 19.4 Å². The summed E-state index contributed by atoms with van der Waals surface area (Å²) in [4.78, 5) is 8.40. The monoisotopic (exact) mass is 241 g/mol. The number of nitrogens with zero attached hydrogens (tertiary/aromatic N) is 2. The van der Waals surface area contributed by atoms with Crippen molar-refractivity contribution >= 4 is 5.95 Å². The molecule has 0 radical (unpaired) electrons. The third-order valence-electron chi connectivity index (χ3n) is 3.31. The first-order valence-corrected chi connectivity index (χ1v) is 6.05. The fraction of sp³-hybridized carbons (Fsp3) is 0.286. The van der Waals surface area contributed by atoms with E-state index in [1.165, 1.54) is 11.1 Å². The summed E-state index contributed by atoms with van der Waals surface area (Å²) in [5.74, 6) is 1.77. The molecule has 4 nitrogen and oxygen atoms in total. The van der Waals surface area contributed by atoms with Crippen molar-refractivity contribution in [1.82, 2.24) is 9.97 Å². The smallest absolute Gasteiger partial charge is 0.225 e. The third-order valence-corrected chi connectivity index (χ3v) is 3.31. The fourth-order valence-electron chi connectivity index (χ4n) is 2.30. The number of rotatable bonds is 4. The highest BCUT2D eigenvalue weighted by molar-refractivity contribution is 5.41. The molecule has 0 bridgehead atoms. The molecule has 3 rings (SSSR count). The van der Waals surface area contributed by atoms with Crippen molar-refractivity contribution in [2.24, 2.45) is 0 Å². The van der Waals surface area contributed by atoms with Crippen LogP contribution in [-0.4, -0.2) is 23.6 Å². The number of benzene rings is 1. The van der Waals surface area contributed by atoms with Gasteiger partial charge >= 0.3 is 0 Å². The maximum absolute atomic E-state index is 5.07. The summed E-state index contributed by atoms with van der Waals surface area (Å²) in [7, 11) is 1.61. The minimum Gasteiger partial charge on any atom is -0.481 e. The molecule has 0 spiro atoms. The van der Waals surface area contributed by atoms with Crippen molar-refractivity contribution in [1.29, 1.82) is 0 Å². The predicted octanol–water partition coefficient (Wildman–Crippen LogP) is 2.24. The molecule has 18 heavy (non-hydrogen) atoms. The van der Waals surface area contributed by atoms with Gasteiger partial charge < -0.3 is 10.1 Å². The maximum atomic E-state index is 5.07. The Kier molecular flexibility index (Phi) is 2.84. The van der Waals surface area contributed by atoms with Gasteiger partial charge in [0.05, 0.1) is 7.11 Å². The van der Waals surface area contributed by atoms with Gasteiger partial charge in [-0.3, -0.25) is 0 Å². The van der Waals surface area contributed by atoms with Crippen LogP contribution >= 0.6 is 0 Å². The minimum atomic E-state index is 0.566. The first-order valence-electron chi connectivity index (χ1n) is 6.05. The summed E-state index contributed by atoms with van der Waals surface area (Å²) < 4.78 is 5.07. The zero-order valence-electron chi connectivity index (χ0n) is 10.3. The molecule has 1 aromatic carbocycles. The number of nitrogens with one attached hydrogen (secondary N) is 1. The molecule has 1 unspecified atom stereocenters. The molecule has 0 amide bonds. The van der Waals surface area contributed by atoms with Gasteiger partial charge in [-0.15, -0.1) is 0 Å². The highest BCUT2D eigenvalue weighted by atomic mass is 16.5. The predicted molar refractivity (Wildman–Crippen MR) is 70.0 cm³/mol. The van der Waals surface area contributed by atoms with Crippen molar-refractivity contribution < 1.29 is 4.74 Å². The molecule has 1 aromatic heterocycles. The van der Waals surface area contributed by atoms with Crippen molar-refractivity contribution in [2.75, 3.05) is 19.0 Å². The number of hydrogen-bond acceptors (Lipinski definition) is 4. The standard InChI is InChI=1S/C14H15N3O/c1-18-13-6-7-15-14(17-13)16-9-11-8-10-4-2-3-5-12(10)11/h2-7,11H,8-9H2,1H3,(H,15,16,17). The first kappa shape index (κ1) is 11.0. The average Bonchev–Trinajstić information content (AvgIpc) is 2.40. The van der Waals surface area contributed by atoms with Crippen LogP contribution in [0, 0.1) is 0 Å². The van der Waals surface area contributed by atoms with E-state index in [0.717, 1.165) is 13.0 Å². The molecule has 1 N–H and O–H groups in total. The van der Waals surface area contributed by atoms with Crippen LogP contribution in [-0.2, 0) is 6.42 Å². The molecular weight excluding hydrogens is 226 g/mol. The van der Waals surface area contributed by atoms with E-state index in [4.69, 9.17) is 4.74 Å². The molecule has 0 fully saturated rings.